The number of fused-ring (bicyclic) bond motifs is 2. The fraction of sp³-hybridized carbons (Fsp3) is 0.459. The van der Waals surface area contributed by atoms with Crippen molar-refractivity contribution in [1.82, 2.24) is 0 Å². The van der Waals surface area contributed by atoms with Crippen LogP contribution in [-0.4, -0.2) is 41.6 Å². The number of aliphatic imine (C=N–C) groups is 2. The maximum atomic E-state index is 14.9. The van der Waals surface area contributed by atoms with Crippen LogP contribution in [0.2, 0.25) is 0 Å². The molecular weight excluding hydrogens is 764 g/mol. The molecule has 3 aliphatic rings. The second-order valence-corrected chi connectivity index (χ2v) is 14.9. The van der Waals surface area contributed by atoms with E-state index in [-0.39, 0.29) is 18.1 Å². The zero-order valence-electron chi connectivity index (χ0n) is 29.5. The van der Waals surface area contributed by atoms with E-state index < -0.39 is 104 Å². The van der Waals surface area contributed by atoms with E-state index in [0.29, 0.717) is 30.9 Å². The van der Waals surface area contributed by atoms with Gasteiger partial charge in [-0.1, -0.05) is 34.6 Å². The van der Waals surface area contributed by atoms with Crippen LogP contribution in [0.3, 0.4) is 0 Å². The highest BCUT2D eigenvalue weighted by Crippen LogP contribution is 2.61. The van der Waals surface area contributed by atoms with Gasteiger partial charge in [-0.25, -0.2) is 9.98 Å². The Bertz CT molecular complexity index is 2050. The normalized spacial score (nSPS) is 18.6. The Morgan fingerprint density at radius 3 is 1.60 bits per heavy atom. The summed E-state index contributed by atoms with van der Waals surface area (Å²) in [7, 11) is 0. The van der Waals surface area contributed by atoms with E-state index in [1.54, 1.807) is 20.8 Å². The summed E-state index contributed by atoms with van der Waals surface area (Å²) in [6, 6.07) is 7.00. The molecule has 1 aliphatic carbocycles. The van der Waals surface area contributed by atoms with Gasteiger partial charge in [-0.15, -0.1) is 0 Å². The van der Waals surface area contributed by atoms with Crippen molar-refractivity contribution in [3.05, 3.63) is 76.9 Å². The highest BCUT2D eigenvalue weighted by atomic mass is 19.4. The number of alkyl halides is 12. The van der Waals surface area contributed by atoms with Crippen molar-refractivity contribution in [2.75, 3.05) is 0 Å². The highest BCUT2D eigenvalue weighted by Gasteiger charge is 2.78. The van der Waals surface area contributed by atoms with Crippen LogP contribution in [0, 0.1) is 11.3 Å². The van der Waals surface area contributed by atoms with Gasteiger partial charge in [0, 0.05) is 22.1 Å². The number of rotatable bonds is 7. The lowest BCUT2D eigenvalue weighted by molar-refractivity contribution is -0.372. The molecule has 0 atom stereocenters. The molecular formula is C37H32F12N2O4. The van der Waals surface area contributed by atoms with E-state index >= 15 is 0 Å². The predicted octanol–water partition coefficient (Wildman–Crippen LogP) is 12.1. The van der Waals surface area contributed by atoms with Crippen molar-refractivity contribution in [1.29, 1.82) is 0 Å². The molecule has 298 valence electrons. The first kappa shape index (κ1) is 40.0. The van der Waals surface area contributed by atoms with Crippen LogP contribution in [-0.2, 0) is 26.1 Å². The molecule has 1 N–H and O–H groups in total. The number of aromatic hydroxyl groups is 1. The Labute approximate surface area is 305 Å². The number of phenols is 1. The van der Waals surface area contributed by atoms with Crippen LogP contribution in [0.1, 0.15) is 76.1 Å². The zero-order chi connectivity index (χ0) is 40.9. The standard InChI is InChI=1S/C37H32F12N2O4/c1-6-30(2,3)20-13-18(14-21(52)15-20)28-50-26-11-9-22(16-24(26)32(54-28,34(38,39)40)35(41,42)43)53-23-10-12-27-25(17-23)33(36(44,45)46,37(47,48)49)55-29(51-27)31(4,5)19-7-8-19/h9-17,19,52H,6-8H2,1-5H3. The second kappa shape index (κ2) is 12.4. The third-order valence-electron chi connectivity index (χ3n) is 10.4. The monoisotopic (exact) mass is 796 g/mol. The summed E-state index contributed by atoms with van der Waals surface area (Å²) >= 11 is 0. The molecule has 0 aromatic heterocycles. The average Bonchev–Trinajstić information content (AvgIpc) is 3.91. The molecule has 2 heterocycles. The smallest absolute Gasteiger partial charge is 0.442 e. The highest BCUT2D eigenvalue weighted by molar-refractivity contribution is 5.98. The molecule has 0 bridgehead atoms. The summed E-state index contributed by atoms with van der Waals surface area (Å²) in [5, 5.41) is 10.4. The van der Waals surface area contributed by atoms with Crippen molar-refractivity contribution in [2.24, 2.45) is 21.3 Å². The molecule has 1 fully saturated rings. The minimum Gasteiger partial charge on any atom is -0.508 e. The van der Waals surface area contributed by atoms with Gasteiger partial charge in [0.15, 0.2) is 5.90 Å². The van der Waals surface area contributed by atoms with Crippen LogP contribution < -0.4 is 4.74 Å². The summed E-state index contributed by atoms with van der Waals surface area (Å²) < 4.78 is 192. The first-order valence-electron chi connectivity index (χ1n) is 16.7. The summed E-state index contributed by atoms with van der Waals surface area (Å²) in [5.41, 5.74) is -17.1. The van der Waals surface area contributed by atoms with Crippen LogP contribution in [0.4, 0.5) is 64.1 Å². The van der Waals surface area contributed by atoms with E-state index in [4.69, 9.17) is 14.2 Å². The summed E-state index contributed by atoms with van der Waals surface area (Å²) in [5.74, 6) is -4.46. The lowest BCUT2D eigenvalue weighted by Crippen LogP contribution is -2.59. The molecule has 55 heavy (non-hydrogen) atoms. The number of ether oxygens (including phenoxy) is 3. The molecule has 3 aromatic rings. The van der Waals surface area contributed by atoms with E-state index in [2.05, 4.69) is 9.98 Å². The lowest BCUT2D eigenvalue weighted by atomic mass is 9.81. The van der Waals surface area contributed by atoms with Crippen molar-refractivity contribution in [3.8, 4) is 17.2 Å². The molecule has 0 radical (unpaired) electrons. The minimum absolute atomic E-state index is 0.232. The van der Waals surface area contributed by atoms with Gasteiger partial charge in [-0.2, -0.15) is 52.7 Å². The molecule has 0 saturated heterocycles. The molecule has 0 amide bonds. The molecule has 6 nitrogen and oxygen atoms in total. The second-order valence-electron chi connectivity index (χ2n) is 14.9. The summed E-state index contributed by atoms with van der Waals surface area (Å²) in [6.45, 7) is 8.01. The molecule has 18 heteroatoms. The van der Waals surface area contributed by atoms with Gasteiger partial charge in [0.2, 0.25) is 5.90 Å². The van der Waals surface area contributed by atoms with E-state index in [9.17, 15) is 57.8 Å². The number of halogens is 12. The first-order chi connectivity index (χ1) is 25.1. The van der Waals surface area contributed by atoms with Gasteiger partial charge in [-0.05, 0) is 90.8 Å². The predicted molar refractivity (Wildman–Crippen MR) is 174 cm³/mol. The Balaban J connectivity index is 1.49. The molecule has 2 aliphatic heterocycles. The van der Waals surface area contributed by atoms with Crippen LogP contribution in [0.15, 0.2) is 64.6 Å². The fourth-order valence-electron chi connectivity index (χ4n) is 6.59. The van der Waals surface area contributed by atoms with Crippen LogP contribution in [0.5, 0.6) is 17.2 Å². The number of phenolic OH excluding ortho intramolecular Hbond substituents is 1. The van der Waals surface area contributed by atoms with E-state index in [0.717, 1.165) is 24.3 Å². The van der Waals surface area contributed by atoms with Gasteiger partial charge in [0.25, 0.3) is 0 Å². The first-order valence-corrected chi connectivity index (χ1v) is 16.7. The third kappa shape index (κ3) is 6.42. The number of hydrogen-bond acceptors (Lipinski definition) is 6. The van der Waals surface area contributed by atoms with E-state index in [1.807, 2.05) is 0 Å². The van der Waals surface area contributed by atoms with Crippen molar-refractivity contribution in [3.63, 3.8) is 0 Å². The fourth-order valence-corrected chi connectivity index (χ4v) is 6.59. The van der Waals surface area contributed by atoms with Gasteiger partial charge in [0.05, 0.1) is 11.4 Å². The minimum atomic E-state index is -6.24. The summed E-state index contributed by atoms with van der Waals surface area (Å²) in [4.78, 5) is 7.88. The maximum Gasteiger partial charge on any atom is 0.442 e. The van der Waals surface area contributed by atoms with Crippen LogP contribution >= 0.6 is 0 Å². The van der Waals surface area contributed by atoms with Gasteiger partial charge in [-0.3, -0.25) is 0 Å². The summed E-state index contributed by atoms with van der Waals surface area (Å²) in [6.07, 6.45) is -23.3. The molecule has 1 saturated carbocycles. The average molecular weight is 797 g/mol. The van der Waals surface area contributed by atoms with Gasteiger partial charge < -0.3 is 19.3 Å². The van der Waals surface area contributed by atoms with Gasteiger partial charge in [0.1, 0.15) is 17.2 Å². The number of hydrogen-bond donors (Lipinski definition) is 1. The Kier molecular flexibility index (Phi) is 9.05. The Morgan fingerprint density at radius 2 is 1.15 bits per heavy atom. The zero-order valence-corrected chi connectivity index (χ0v) is 29.5. The molecule has 6 rings (SSSR count). The van der Waals surface area contributed by atoms with Crippen molar-refractivity contribution >= 4 is 23.2 Å². The van der Waals surface area contributed by atoms with Crippen molar-refractivity contribution in [2.45, 2.75) is 95.2 Å². The van der Waals surface area contributed by atoms with E-state index in [1.165, 1.54) is 26.0 Å². The Morgan fingerprint density at radius 1 is 0.673 bits per heavy atom. The number of nitrogens with zero attached hydrogens (tertiary/aromatic N) is 2. The van der Waals surface area contributed by atoms with Gasteiger partial charge >= 0.3 is 35.9 Å². The molecule has 0 spiro atoms. The van der Waals surface area contributed by atoms with Crippen molar-refractivity contribution < 1.29 is 72.0 Å². The SMILES string of the molecule is CCC(C)(C)c1cc(O)cc(C2=Nc3ccc(Oc4ccc5c(c4)C(C(F)(F)F)(C(F)(F)F)OC(C(C)(C)C4CC4)=N5)cc3C(C(F)(F)F)(C(F)(F)F)O2)c1. The van der Waals surface area contributed by atoms with Crippen LogP contribution in [0.25, 0.3) is 0 Å². The topological polar surface area (TPSA) is 72.6 Å². The lowest BCUT2D eigenvalue weighted by Gasteiger charge is -2.43. The number of benzene rings is 3. The molecule has 3 aromatic carbocycles. The Hall–Kier alpha value is -4.64. The maximum absolute atomic E-state index is 14.9. The third-order valence-corrected chi connectivity index (χ3v) is 10.4. The quantitative estimate of drug-likeness (QED) is 0.242. The molecule has 0 unspecified atom stereocenters. The largest absolute Gasteiger partial charge is 0.508 e.